The van der Waals surface area contributed by atoms with Gasteiger partial charge in [-0.05, 0) is 6.07 Å². The number of hydrogen-bond acceptors (Lipinski definition) is 4. The van der Waals surface area contributed by atoms with E-state index in [-0.39, 0.29) is 17.9 Å². The Morgan fingerprint density at radius 3 is 2.53 bits per heavy atom. The van der Waals surface area contributed by atoms with Gasteiger partial charge in [0.1, 0.15) is 6.20 Å². The fourth-order valence-electron chi connectivity index (χ4n) is 1.08. The molecule has 15 heavy (non-hydrogen) atoms. The van der Waals surface area contributed by atoms with Crippen molar-refractivity contribution in [2.45, 2.75) is 12.3 Å². The van der Waals surface area contributed by atoms with Gasteiger partial charge < -0.3 is 5.73 Å². The Kier molecular flexibility index (Phi) is 3.62. The van der Waals surface area contributed by atoms with Gasteiger partial charge in [0.2, 0.25) is 6.43 Å². The van der Waals surface area contributed by atoms with Crippen LogP contribution in [0.2, 0.25) is 0 Å². The lowest BCUT2D eigenvalue weighted by molar-refractivity contribution is -0.385. The van der Waals surface area contributed by atoms with Crippen molar-refractivity contribution >= 4 is 5.69 Å². The molecule has 1 heterocycles. The normalized spacial score (nSPS) is 12.8. The highest BCUT2D eigenvalue weighted by Crippen LogP contribution is 2.21. The van der Waals surface area contributed by atoms with Crippen LogP contribution in [0, 0.1) is 10.1 Å². The second kappa shape index (κ2) is 4.74. The molecule has 0 fully saturated rings. The molecule has 0 saturated carbocycles. The number of aromatic nitrogens is 1. The van der Waals surface area contributed by atoms with Crippen LogP contribution in [0.3, 0.4) is 0 Å². The van der Waals surface area contributed by atoms with Gasteiger partial charge in [-0.3, -0.25) is 15.1 Å². The third-order valence-electron chi connectivity index (χ3n) is 1.92. The quantitative estimate of drug-likeness (QED) is 0.608. The van der Waals surface area contributed by atoms with Gasteiger partial charge in [-0.1, -0.05) is 0 Å². The Morgan fingerprint density at radius 2 is 2.20 bits per heavy atom. The summed E-state index contributed by atoms with van der Waals surface area (Å²) < 4.78 is 24.8. The molecule has 7 heteroatoms. The summed E-state index contributed by atoms with van der Waals surface area (Å²) in [6, 6.07) is 2.33. The van der Waals surface area contributed by atoms with Crippen molar-refractivity contribution in [2.24, 2.45) is 5.73 Å². The van der Waals surface area contributed by atoms with Gasteiger partial charge in [-0.25, -0.2) is 8.78 Å². The van der Waals surface area contributed by atoms with Gasteiger partial charge in [0.25, 0.3) is 5.69 Å². The van der Waals surface area contributed by atoms with Crippen LogP contribution in [0.25, 0.3) is 0 Å². The van der Waals surface area contributed by atoms with E-state index in [0.29, 0.717) is 0 Å². The van der Waals surface area contributed by atoms with Crippen LogP contribution in [0.15, 0.2) is 18.3 Å². The van der Waals surface area contributed by atoms with Crippen molar-refractivity contribution in [3.63, 3.8) is 0 Å². The standard InChI is InChI=1S/C8H9F2N3O2/c9-8(10)6(3-11)7-2-1-5(4-12-7)13(14)15/h1-2,4,6,8H,3,11H2. The van der Waals surface area contributed by atoms with Gasteiger partial charge in [0.05, 0.1) is 16.5 Å². The third-order valence-corrected chi connectivity index (χ3v) is 1.92. The van der Waals surface area contributed by atoms with E-state index in [1.807, 2.05) is 0 Å². The molecule has 5 nitrogen and oxygen atoms in total. The Hall–Kier alpha value is -1.63. The van der Waals surface area contributed by atoms with E-state index >= 15 is 0 Å². The number of nitrogens with zero attached hydrogens (tertiary/aromatic N) is 2. The average molecular weight is 217 g/mol. The molecule has 0 radical (unpaired) electrons. The van der Waals surface area contributed by atoms with Crippen LogP contribution in [-0.2, 0) is 0 Å². The molecule has 0 aliphatic heterocycles. The fraction of sp³-hybridized carbons (Fsp3) is 0.375. The zero-order chi connectivity index (χ0) is 11.4. The number of rotatable bonds is 4. The van der Waals surface area contributed by atoms with Gasteiger partial charge in [-0.2, -0.15) is 0 Å². The Balaban J connectivity index is 2.92. The first kappa shape index (κ1) is 11.4. The van der Waals surface area contributed by atoms with Gasteiger partial charge in [0.15, 0.2) is 0 Å². The minimum atomic E-state index is -2.62. The van der Waals surface area contributed by atoms with E-state index in [2.05, 4.69) is 4.98 Å². The molecule has 1 unspecified atom stereocenters. The smallest absolute Gasteiger partial charge is 0.287 e. The molecule has 1 rings (SSSR count). The van der Waals surface area contributed by atoms with Crippen molar-refractivity contribution in [3.8, 4) is 0 Å². The first-order chi connectivity index (χ1) is 7.06. The summed E-state index contributed by atoms with van der Waals surface area (Å²) in [5.41, 5.74) is 4.98. The SMILES string of the molecule is NCC(c1ccc([N+](=O)[O-])cn1)C(F)F. The summed E-state index contributed by atoms with van der Waals surface area (Å²) in [5.74, 6) is -1.18. The lowest BCUT2D eigenvalue weighted by Gasteiger charge is -2.11. The van der Waals surface area contributed by atoms with Crippen LogP contribution in [0.5, 0.6) is 0 Å². The molecule has 0 bridgehead atoms. The summed E-state index contributed by atoms with van der Waals surface area (Å²) in [6.07, 6.45) is -1.68. The van der Waals surface area contributed by atoms with E-state index < -0.39 is 17.3 Å². The molecule has 0 aromatic carbocycles. The minimum absolute atomic E-state index is 0.0677. The van der Waals surface area contributed by atoms with Gasteiger partial charge >= 0.3 is 0 Å². The number of alkyl halides is 2. The molecular weight excluding hydrogens is 208 g/mol. The molecule has 0 aliphatic carbocycles. The van der Waals surface area contributed by atoms with Crippen molar-refractivity contribution in [2.75, 3.05) is 6.54 Å². The van der Waals surface area contributed by atoms with Crippen molar-refractivity contribution in [3.05, 3.63) is 34.1 Å². The van der Waals surface area contributed by atoms with Crippen LogP contribution in [0.1, 0.15) is 11.6 Å². The summed E-state index contributed by atoms with van der Waals surface area (Å²) in [4.78, 5) is 13.2. The second-order valence-corrected chi connectivity index (χ2v) is 2.88. The lowest BCUT2D eigenvalue weighted by atomic mass is 10.1. The topological polar surface area (TPSA) is 82.0 Å². The molecule has 1 atom stereocenters. The monoisotopic (exact) mass is 217 g/mol. The highest BCUT2D eigenvalue weighted by molar-refractivity contribution is 5.28. The second-order valence-electron chi connectivity index (χ2n) is 2.88. The summed E-state index contributed by atoms with van der Waals surface area (Å²) in [7, 11) is 0. The summed E-state index contributed by atoms with van der Waals surface area (Å²) >= 11 is 0. The van der Waals surface area contributed by atoms with Crippen molar-refractivity contribution in [1.29, 1.82) is 0 Å². The van der Waals surface area contributed by atoms with Crippen LogP contribution >= 0.6 is 0 Å². The molecule has 0 spiro atoms. The average Bonchev–Trinajstić information content (AvgIpc) is 2.19. The van der Waals surface area contributed by atoms with Crippen molar-refractivity contribution < 1.29 is 13.7 Å². The highest BCUT2D eigenvalue weighted by atomic mass is 19.3. The lowest BCUT2D eigenvalue weighted by Crippen LogP contribution is -2.20. The first-order valence-corrected chi connectivity index (χ1v) is 4.14. The van der Waals surface area contributed by atoms with Crippen LogP contribution in [-0.4, -0.2) is 22.9 Å². The largest absolute Gasteiger partial charge is 0.330 e. The number of nitrogens with two attached hydrogens (primary N) is 1. The number of hydrogen-bond donors (Lipinski definition) is 1. The maximum atomic E-state index is 12.4. The molecule has 0 saturated heterocycles. The fourth-order valence-corrected chi connectivity index (χ4v) is 1.08. The number of pyridine rings is 1. The van der Waals surface area contributed by atoms with E-state index in [4.69, 9.17) is 5.73 Å². The maximum Gasteiger partial charge on any atom is 0.287 e. The first-order valence-electron chi connectivity index (χ1n) is 4.14. The predicted octanol–water partition coefficient (Wildman–Crippen LogP) is 1.30. The molecular formula is C8H9F2N3O2. The molecule has 1 aromatic rings. The van der Waals surface area contributed by atoms with Crippen molar-refractivity contribution in [1.82, 2.24) is 4.98 Å². The molecule has 1 aromatic heterocycles. The number of halogens is 2. The van der Waals surface area contributed by atoms with E-state index in [0.717, 1.165) is 12.3 Å². The van der Waals surface area contributed by atoms with Crippen LogP contribution < -0.4 is 5.73 Å². The van der Waals surface area contributed by atoms with E-state index in [1.165, 1.54) is 6.07 Å². The van der Waals surface area contributed by atoms with E-state index in [1.54, 1.807) is 0 Å². The molecule has 82 valence electrons. The van der Waals surface area contributed by atoms with E-state index in [9.17, 15) is 18.9 Å². The zero-order valence-corrected chi connectivity index (χ0v) is 7.64. The molecule has 0 aliphatic rings. The van der Waals surface area contributed by atoms with Crippen LogP contribution in [0.4, 0.5) is 14.5 Å². The molecule has 0 amide bonds. The van der Waals surface area contributed by atoms with Gasteiger partial charge in [-0.15, -0.1) is 0 Å². The Labute approximate surface area is 84.1 Å². The highest BCUT2D eigenvalue weighted by Gasteiger charge is 2.22. The predicted molar refractivity (Wildman–Crippen MR) is 48.7 cm³/mol. The Morgan fingerprint density at radius 1 is 1.53 bits per heavy atom. The third kappa shape index (κ3) is 2.66. The van der Waals surface area contributed by atoms with Gasteiger partial charge in [0, 0.05) is 12.6 Å². The maximum absolute atomic E-state index is 12.4. The summed E-state index contributed by atoms with van der Waals surface area (Å²) in [5, 5.41) is 10.3. The Bertz CT molecular complexity index is 342. The molecule has 2 N–H and O–H groups in total. The minimum Gasteiger partial charge on any atom is -0.330 e. The summed E-state index contributed by atoms with van der Waals surface area (Å²) in [6.45, 7) is -0.248. The zero-order valence-electron chi connectivity index (χ0n) is 7.64. The number of nitro groups is 1.